The maximum absolute atomic E-state index is 10.6. The van der Waals surface area contributed by atoms with E-state index in [-0.39, 0.29) is 6.42 Å². The van der Waals surface area contributed by atoms with E-state index >= 15 is 0 Å². The van der Waals surface area contributed by atoms with Gasteiger partial charge in [-0.25, -0.2) is 0 Å². The van der Waals surface area contributed by atoms with Gasteiger partial charge in [0.25, 0.3) is 0 Å². The van der Waals surface area contributed by atoms with Gasteiger partial charge in [-0.05, 0) is 0 Å². The highest BCUT2D eigenvalue weighted by atomic mass is 16.1. The molecular formula is C7H8N4O2. The Hall–Kier alpha value is -2.08. The van der Waals surface area contributed by atoms with Crippen LogP contribution in [0.1, 0.15) is 6.42 Å². The van der Waals surface area contributed by atoms with E-state index in [9.17, 15) is 9.59 Å². The molecule has 2 unspecified atom stereocenters. The van der Waals surface area contributed by atoms with E-state index < -0.39 is 23.7 Å². The standard InChI is InChI=1S/C7H8N4O2/c8-2-4(1-6(10)12)5(3-9)7(11)13/h4-5H,1H2,(H2,10,12)(H2,11,13). The maximum atomic E-state index is 10.6. The van der Waals surface area contributed by atoms with Crippen LogP contribution in [0.25, 0.3) is 0 Å². The smallest absolute Gasteiger partial charge is 0.236 e. The molecule has 13 heavy (non-hydrogen) atoms. The second-order valence-electron chi connectivity index (χ2n) is 2.42. The van der Waals surface area contributed by atoms with Crippen LogP contribution >= 0.6 is 0 Å². The Balaban J connectivity index is 4.58. The first kappa shape index (κ1) is 10.9. The van der Waals surface area contributed by atoms with Crippen molar-refractivity contribution >= 4 is 11.8 Å². The summed E-state index contributed by atoms with van der Waals surface area (Å²) in [4.78, 5) is 21.0. The van der Waals surface area contributed by atoms with Crippen molar-refractivity contribution in [1.29, 1.82) is 10.5 Å². The first-order valence-electron chi connectivity index (χ1n) is 3.39. The van der Waals surface area contributed by atoms with Gasteiger partial charge in [-0.2, -0.15) is 10.5 Å². The van der Waals surface area contributed by atoms with E-state index in [1.165, 1.54) is 0 Å². The molecule has 0 aliphatic carbocycles. The fraction of sp³-hybridized carbons (Fsp3) is 0.429. The number of carbonyl (C=O) groups excluding carboxylic acids is 2. The third-order valence-electron chi connectivity index (χ3n) is 1.43. The van der Waals surface area contributed by atoms with E-state index in [0.717, 1.165) is 0 Å². The van der Waals surface area contributed by atoms with Crippen molar-refractivity contribution in [1.82, 2.24) is 0 Å². The fourth-order valence-electron chi connectivity index (χ4n) is 0.807. The minimum atomic E-state index is -1.28. The van der Waals surface area contributed by atoms with Gasteiger partial charge in [0.05, 0.1) is 18.1 Å². The lowest BCUT2D eigenvalue weighted by Crippen LogP contribution is -2.30. The molecule has 2 atom stereocenters. The Morgan fingerprint density at radius 1 is 1.23 bits per heavy atom. The van der Waals surface area contributed by atoms with Crippen LogP contribution in [0.4, 0.5) is 0 Å². The number of carbonyl (C=O) groups is 2. The van der Waals surface area contributed by atoms with Crippen molar-refractivity contribution in [2.24, 2.45) is 23.3 Å². The zero-order valence-corrected chi connectivity index (χ0v) is 6.73. The minimum Gasteiger partial charge on any atom is -0.370 e. The van der Waals surface area contributed by atoms with Gasteiger partial charge in [0.2, 0.25) is 11.8 Å². The summed E-state index contributed by atoms with van der Waals surface area (Å²) in [5, 5.41) is 17.0. The molecule has 0 saturated carbocycles. The van der Waals surface area contributed by atoms with Crippen LogP contribution in [0.15, 0.2) is 0 Å². The molecule has 0 aliphatic rings. The molecule has 0 heterocycles. The lowest BCUT2D eigenvalue weighted by molar-refractivity contribution is -0.122. The summed E-state index contributed by atoms with van der Waals surface area (Å²) < 4.78 is 0. The second-order valence-corrected chi connectivity index (χ2v) is 2.42. The Morgan fingerprint density at radius 3 is 2.00 bits per heavy atom. The minimum absolute atomic E-state index is 0.336. The highest BCUT2D eigenvalue weighted by Crippen LogP contribution is 2.13. The van der Waals surface area contributed by atoms with Crippen LogP contribution < -0.4 is 11.5 Å². The summed E-state index contributed by atoms with van der Waals surface area (Å²) in [5.74, 6) is -4.00. The third kappa shape index (κ3) is 3.21. The van der Waals surface area contributed by atoms with Crippen molar-refractivity contribution in [3.8, 4) is 12.1 Å². The van der Waals surface area contributed by atoms with Crippen LogP contribution in [0.2, 0.25) is 0 Å². The highest BCUT2D eigenvalue weighted by Gasteiger charge is 2.27. The Morgan fingerprint density at radius 2 is 1.77 bits per heavy atom. The summed E-state index contributed by atoms with van der Waals surface area (Å²) in [5.41, 5.74) is 9.64. The first-order valence-corrected chi connectivity index (χ1v) is 3.39. The van der Waals surface area contributed by atoms with Gasteiger partial charge in [-0.3, -0.25) is 9.59 Å². The summed E-state index contributed by atoms with van der Waals surface area (Å²) in [7, 11) is 0. The normalized spacial score (nSPS) is 13.4. The summed E-state index contributed by atoms with van der Waals surface area (Å²) >= 11 is 0. The van der Waals surface area contributed by atoms with Crippen LogP contribution in [-0.2, 0) is 9.59 Å². The van der Waals surface area contributed by atoms with E-state index in [1.807, 2.05) is 0 Å². The maximum Gasteiger partial charge on any atom is 0.236 e. The molecule has 0 bridgehead atoms. The highest BCUT2D eigenvalue weighted by molar-refractivity contribution is 5.82. The molecule has 0 fully saturated rings. The lowest BCUT2D eigenvalue weighted by Gasteiger charge is -2.08. The van der Waals surface area contributed by atoms with Crippen molar-refractivity contribution in [3.05, 3.63) is 0 Å². The molecule has 0 rings (SSSR count). The second kappa shape index (κ2) is 4.73. The number of nitrogens with two attached hydrogens (primary N) is 2. The van der Waals surface area contributed by atoms with Gasteiger partial charge in [0.15, 0.2) is 0 Å². The van der Waals surface area contributed by atoms with Crippen molar-refractivity contribution in [2.75, 3.05) is 0 Å². The Kier molecular flexibility index (Phi) is 3.97. The number of amides is 2. The van der Waals surface area contributed by atoms with Crippen LogP contribution in [0.3, 0.4) is 0 Å². The average molecular weight is 180 g/mol. The zero-order chi connectivity index (χ0) is 10.4. The molecule has 0 aromatic carbocycles. The summed E-state index contributed by atoms with van der Waals surface area (Å²) in [6, 6.07) is 3.19. The number of nitrogens with zero attached hydrogens (tertiary/aromatic N) is 2. The average Bonchev–Trinajstić information content (AvgIpc) is 2.02. The number of primary amides is 2. The first-order chi connectivity index (χ1) is 6.02. The van der Waals surface area contributed by atoms with Crippen molar-refractivity contribution in [2.45, 2.75) is 6.42 Å². The van der Waals surface area contributed by atoms with Crippen LogP contribution in [0, 0.1) is 34.5 Å². The SMILES string of the molecule is N#CC(CC(N)=O)C(C#N)C(N)=O. The van der Waals surface area contributed by atoms with Gasteiger partial charge >= 0.3 is 0 Å². The van der Waals surface area contributed by atoms with Crippen molar-refractivity contribution < 1.29 is 9.59 Å². The van der Waals surface area contributed by atoms with Crippen LogP contribution in [-0.4, -0.2) is 11.8 Å². The van der Waals surface area contributed by atoms with E-state index in [2.05, 4.69) is 0 Å². The van der Waals surface area contributed by atoms with Gasteiger partial charge in [0, 0.05) is 6.42 Å². The fourth-order valence-corrected chi connectivity index (χ4v) is 0.807. The zero-order valence-electron chi connectivity index (χ0n) is 6.73. The Bertz CT molecular complexity index is 299. The van der Waals surface area contributed by atoms with E-state index in [1.54, 1.807) is 12.1 Å². The van der Waals surface area contributed by atoms with Gasteiger partial charge in [-0.1, -0.05) is 0 Å². The molecule has 0 aliphatic heterocycles. The number of hydrogen-bond donors (Lipinski definition) is 2. The predicted molar refractivity (Wildman–Crippen MR) is 41.2 cm³/mol. The molecule has 6 nitrogen and oxygen atoms in total. The number of nitriles is 2. The molecule has 68 valence electrons. The lowest BCUT2D eigenvalue weighted by atomic mass is 9.91. The molecule has 0 spiro atoms. The largest absolute Gasteiger partial charge is 0.370 e. The number of hydrogen-bond acceptors (Lipinski definition) is 4. The molecule has 6 heteroatoms. The van der Waals surface area contributed by atoms with Gasteiger partial charge < -0.3 is 11.5 Å². The Labute approximate surface area is 74.7 Å². The quantitative estimate of drug-likeness (QED) is 0.551. The third-order valence-corrected chi connectivity index (χ3v) is 1.43. The van der Waals surface area contributed by atoms with E-state index in [4.69, 9.17) is 22.0 Å². The molecule has 0 saturated heterocycles. The summed E-state index contributed by atoms with van der Waals surface area (Å²) in [6.45, 7) is 0. The molecule has 0 aromatic rings. The van der Waals surface area contributed by atoms with Crippen LogP contribution in [0.5, 0.6) is 0 Å². The molecular weight excluding hydrogens is 172 g/mol. The predicted octanol–water partition coefficient (Wildman–Crippen LogP) is -1.37. The van der Waals surface area contributed by atoms with E-state index in [0.29, 0.717) is 0 Å². The molecule has 4 N–H and O–H groups in total. The van der Waals surface area contributed by atoms with Gasteiger partial charge in [-0.15, -0.1) is 0 Å². The van der Waals surface area contributed by atoms with Gasteiger partial charge in [0.1, 0.15) is 5.92 Å². The monoisotopic (exact) mass is 180 g/mol. The topological polar surface area (TPSA) is 134 Å². The molecule has 0 aromatic heterocycles. The molecule has 0 radical (unpaired) electrons. The molecule has 2 amide bonds. The summed E-state index contributed by atoms with van der Waals surface area (Å²) in [6.07, 6.45) is -0.336. The van der Waals surface area contributed by atoms with Crippen molar-refractivity contribution in [3.63, 3.8) is 0 Å². The number of rotatable bonds is 4.